The second-order valence-electron chi connectivity index (χ2n) is 6.60. The highest BCUT2D eigenvalue weighted by Gasteiger charge is 2.26. The molecule has 0 aliphatic carbocycles. The minimum atomic E-state index is -3.83. The van der Waals surface area contributed by atoms with Crippen molar-refractivity contribution in [1.29, 1.82) is 0 Å². The predicted molar refractivity (Wildman–Crippen MR) is 118 cm³/mol. The molecule has 8 nitrogen and oxygen atoms in total. The highest BCUT2D eigenvalue weighted by Crippen LogP contribution is 2.38. The van der Waals surface area contributed by atoms with Gasteiger partial charge in [-0.1, -0.05) is 18.5 Å². The molecule has 0 radical (unpaired) electrons. The molecule has 1 amide bonds. The van der Waals surface area contributed by atoms with E-state index in [1.54, 1.807) is 12.1 Å². The first-order valence-corrected chi connectivity index (χ1v) is 11.4. The van der Waals surface area contributed by atoms with Crippen molar-refractivity contribution in [3.05, 3.63) is 47.0 Å². The summed E-state index contributed by atoms with van der Waals surface area (Å²) in [5.41, 5.74) is 0.713. The molecule has 10 heteroatoms. The molecule has 0 atom stereocenters. The van der Waals surface area contributed by atoms with E-state index in [1.165, 1.54) is 45.6 Å². The van der Waals surface area contributed by atoms with Crippen LogP contribution in [0.5, 0.6) is 17.2 Å². The van der Waals surface area contributed by atoms with E-state index in [0.29, 0.717) is 34.3 Å². The largest absolute Gasteiger partial charge is 0.493 e. The van der Waals surface area contributed by atoms with Gasteiger partial charge in [0.15, 0.2) is 11.5 Å². The van der Waals surface area contributed by atoms with Crippen molar-refractivity contribution in [1.82, 2.24) is 9.62 Å². The van der Waals surface area contributed by atoms with Crippen LogP contribution in [0.3, 0.4) is 0 Å². The third-order valence-corrected chi connectivity index (χ3v) is 6.57. The van der Waals surface area contributed by atoms with Crippen LogP contribution in [0.15, 0.2) is 41.3 Å². The van der Waals surface area contributed by atoms with Crippen LogP contribution >= 0.6 is 11.6 Å². The number of ether oxygens (including phenoxy) is 3. The maximum atomic E-state index is 12.9. The molecule has 170 valence electrons. The molecular weight excluding hydrogens is 444 g/mol. The molecule has 0 spiro atoms. The molecule has 0 aromatic heterocycles. The molecule has 0 heterocycles. The molecular formula is C21H27ClN2O6S. The lowest BCUT2D eigenvalue weighted by Gasteiger charge is -2.21. The number of sulfonamides is 1. The Bertz CT molecular complexity index is 970. The summed E-state index contributed by atoms with van der Waals surface area (Å²) in [5, 5.41) is 3.18. The van der Waals surface area contributed by atoms with E-state index in [2.05, 4.69) is 5.32 Å². The van der Waals surface area contributed by atoms with Crippen LogP contribution in [0, 0.1) is 0 Å². The number of rotatable bonds is 11. The van der Waals surface area contributed by atoms with E-state index in [0.717, 1.165) is 4.31 Å². The van der Waals surface area contributed by atoms with Gasteiger partial charge in [-0.15, -0.1) is 0 Å². The van der Waals surface area contributed by atoms with Crippen molar-refractivity contribution in [2.75, 3.05) is 34.4 Å². The van der Waals surface area contributed by atoms with E-state index in [-0.39, 0.29) is 24.5 Å². The van der Waals surface area contributed by atoms with Crippen molar-refractivity contribution in [2.45, 2.75) is 24.8 Å². The molecule has 0 saturated carbocycles. The second kappa shape index (κ2) is 11.2. The highest BCUT2D eigenvalue weighted by molar-refractivity contribution is 7.89. The number of nitrogens with one attached hydrogen (secondary N) is 1. The van der Waals surface area contributed by atoms with Crippen molar-refractivity contribution in [3.8, 4) is 17.2 Å². The van der Waals surface area contributed by atoms with Gasteiger partial charge in [0.2, 0.25) is 21.7 Å². The van der Waals surface area contributed by atoms with Crippen LogP contribution in [-0.4, -0.2) is 53.0 Å². The molecule has 2 aromatic rings. The minimum Gasteiger partial charge on any atom is -0.493 e. The summed E-state index contributed by atoms with van der Waals surface area (Å²) < 4.78 is 42.9. The zero-order chi connectivity index (χ0) is 23.0. The molecule has 0 saturated heterocycles. The Morgan fingerprint density at radius 1 is 1.03 bits per heavy atom. The number of hydrogen-bond donors (Lipinski definition) is 1. The molecule has 0 unspecified atom stereocenters. The Labute approximate surface area is 188 Å². The standard InChI is InChI=1S/C21H27ClN2O6S/c1-5-10-24(31(26,27)17-8-6-16(22)7-9-17)14-20(25)23-13-15-11-18(28-2)21(30-4)19(12-15)29-3/h6-9,11-12H,5,10,13-14H2,1-4H3,(H,23,25). The number of halogens is 1. The topological polar surface area (TPSA) is 94.2 Å². The van der Waals surface area contributed by atoms with Crippen LogP contribution in [0.4, 0.5) is 0 Å². The first kappa shape index (κ1) is 24.8. The van der Waals surface area contributed by atoms with Gasteiger partial charge in [0.05, 0.1) is 32.8 Å². The zero-order valence-electron chi connectivity index (χ0n) is 18.0. The lowest BCUT2D eigenvalue weighted by molar-refractivity contribution is -0.121. The summed E-state index contributed by atoms with van der Waals surface area (Å²) in [4.78, 5) is 12.6. The second-order valence-corrected chi connectivity index (χ2v) is 8.98. The zero-order valence-corrected chi connectivity index (χ0v) is 19.5. The number of carbonyl (C=O) groups is 1. The van der Waals surface area contributed by atoms with Crippen LogP contribution in [-0.2, 0) is 21.4 Å². The number of nitrogens with zero attached hydrogens (tertiary/aromatic N) is 1. The maximum Gasteiger partial charge on any atom is 0.243 e. The lowest BCUT2D eigenvalue weighted by Crippen LogP contribution is -2.40. The fourth-order valence-electron chi connectivity index (χ4n) is 2.94. The minimum absolute atomic E-state index is 0.0859. The third-order valence-electron chi connectivity index (χ3n) is 4.46. The van der Waals surface area contributed by atoms with Gasteiger partial charge in [-0.3, -0.25) is 4.79 Å². The molecule has 1 N–H and O–H groups in total. The molecule has 0 aliphatic rings. The van der Waals surface area contributed by atoms with E-state index >= 15 is 0 Å². The number of carbonyl (C=O) groups excluding carboxylic acids is 1. The Hall–Kier alpha value is -2.49. The Morgan fingerprint density at radius 2 is 1.61 bits per heavy atom. The fourth-order valence-corrected chi connectivity index (χ4v) is 4.56. The molecule has 31 heavy (non-hydrogen) atoms. The Kier molecular flexibility index (Phi) is 8.97. The highest BCUT2D eigenvalue weighted by atomic mass is 35.5. The normalized spacial score (nSPS) is 11.3. The summed E-state index contributed by atoms with van der Waals surface area (Å²) in [7, 11) is 0.682. The summed E-state index contributed by atoms with van der Waals surface area (Å²) in [6.07, 6.45) is 0.562. The average molecular weight is 471 g/mol. The monoisotopic (exact) mass is 470 g/mol. The van der Waals surface area contributed by atoms with Gasteiger partial charge >= 0.3 is 0 Å². The smallest absolute Gasteiger partial charge is 0.243 e. The van der Waals surface area contributed by atoms with E-state index in [1.807, 2.05) is 6.92 Å². The number of amides is 1. The lowest BCUT2D eigenvalue weighted by atomic mass is 10.1. The van der Waals surface area contributed by atoms with Crippen molar-refractivity contribution in [2.24, 2.45) is 0 Å². The van der Waals surface area contributed by atoms with Gasteiger partial charge in [0.1, 0.15) is 0 Å². The van der Waals surface area contributed by atoms with Crippen LogP contribution in [0.25, 0.3) is 0 Å². The van der Waals surface area contributed by atoms with Crippen molar-refractivity contribution in [3.63, 3.8) is 0 Å². The summed E-state index contributed by atoms with van der Waals surface area (Å²) in [6, 6.07) is 9.29. The van der Waals surface area contributed by atoms with E-state index in [9.17, 15) is 13.2 Å². The van der Waals surface area contributed by atoms with Crippen molar-refractivity contribution >= 4 is 27.5 Å². The molecule has 2 rings (SSSR count). The molecule has 0 bridgehead atoms. The molecule has 0 aliphatic heterocycles. The van der Waals surface area contributed by atoms with Crippen LogP contribution in [0.2, 0.25) is 5.02 Å². The van der Waals surface area contributed by atoms with Gasteiger partial charge in [-0.2, -0.15) is 4.31 Å². The van der Waals surface area contributed by atoms with Gasteiger partial charge in [-0.05, 0) is 48.4 Å². The first-order valence-electron chi connectivity index (χ1n) is 9.58. The van der Waals surface area contributed by atoms with Crippen molar-refractivity contribution < 1.29 is 27.4 Å². The summed E-state index contributed by atoms with van der Waals surface area (Å²) in [5.74, 6) is 0.941. The van der Waals surface area contributed by atoms with Gasteiger partial charge < -0.3 is 19.5 Å². The average Bonchev–Trinajstić information content (AvgIpc) is 2.76. The van der Waals surface area contributed by atoms with Gasteiger partial charge in [0.25, 0.3) is 0 Å². The van der Waals surface area contributed by atoms with Crippen LogP contribution in [0.1, 0.15) is 18.9 Å². The van der Waals surface area contributed by atoms with Gasteiger partial charge in [-0.25, -0.2) is 8.42 Å². The number of benzene rings is 2. The maximum absolute atomic E-state index is 12.9. The van der Waals surface area contributed by atoms with Crippen LogP contribution < -0.4 is 19.5 Å². The molecule has 0 fully saturated rings. The third kappa shape index (κ3) is 6.25. The summed E-state index contributed by atoms with van der Waals surface area (Å²) in [6.45, 7) is 1.92. The Morgan fingerprint density at radius 3 is 2.10 bits per heavy atom. The predicted octanol–water partition coefficient (Wildman–Crippen LogP) is 3.08. The quantitative estimate of drug-likeness (QED) is 0.542. The fraction of sp³-hybridized carbons (Fsp3) is 0.381. The van der Waals surface area contributed by atoms with E-state index < -0.39 is 15.9 Å². The number of methoxy groups -OCH3 is 3. The first-order chi connectivity index (χ1) is 14.8. The SMILES string of the molecule is CCCN(CC(=O)NCc1cc(OC)c(OC)c(OC)c1)S(=O)(=O)c1ccc(Cl)cc1. The van der Waals surface area contributed by atoms with E-state index in [4.69, 9.17) is 25.8 Å². The Balaban J connectivity index is 2.13. The number of hydrogen-bond acceptors (Lipinski definition) is 6. The summed E-state index contributed by atoms with van der Waals surface area (Å²) >= 11 is 5.85. The van der Waals surface area contributed by atoms with Gasteiger partial charge in [0, 0.05) is 18.1 Å². The molecule has 2 aromatic carbocycles.